The zero-order valence-corrected chi connectivity index (χ0v) is 14.0. The van der Waals surface area contributed by atoms with Crippen molar-refractivity contribution in [1.82, 2.24) is 0 Å². The summed E-state index contributed by atoms with van der Waals surface area (Å²) in [6.07, 6.45) is 0. The van der Waals surface area contributed by atoms with Gasteiger partial charge in [0.25, 0.3) is 0 Å². The molecule has 2 aromatic rings. The summed E-state index contributed by atoms with van der Waals surface area (Å²) >= 11 is 2.54. The Bertz CT molecular complexity index is 516. The Morgan fingerprint density at radius 3 is 1.61 bits per heavy atom. The van der Waals surface area contributed by atoms with E-state index in [4.69, 9.17) is 0 Å². The monoisotopic (exact) mass is 352 g/mol. The van der Waals surface area contributed by atoms with E-state index >= 15 is 0 Å². The number of rotatable bonds is 1. The Labute approximate surface area is 124 Å². The predicted molar refractivity (Wildman–Crippen MR) is 89.7 cm³/mol. The van der Waals surface area contributed by atoms with Crippen LogP contribution in [0.4, 0.5) is 0 Å². The minimum atomic E-state index is 0.157. The fourth-order valence-corrected chi connectivity index (χ4v) is 2.80. The molecule has 2 aromatic carbocycles. The standard InChI is InChI=1S/C17H21I/c1-16(2,3)14-10-12-8-6-7-9-13(12)11-15(14)17(4,5)18/h6-11H,1-5H3. The molecule has 0 N–H and O–H groups in total. The number of alkyl halides is 1. The minimum Gasteiger partial charge on any atom is -0.0743 e. The first kappa shape index (κ1) is 13.9. The Morgan fingerprint density at radius 1 is 0.778 bits per heavy atom. The van der Waals surface area contributed by atoms with Gasteiger partial charge in [0.05, 0.1) is 0 Å². The van der Waals surface area contributed by atoms with E-state index in [1.807, 2.05) is 0 Å². The van der Waals surface area contributed by atoms with Crippen molar-refractivity contribution >= 4 is 33.4 Å². The lowest BCUT2D eigenvalue weighted by atomic mass is 9.79. The van der Waals surface area contributed by atoms with Crippen LogP contribution in [0.1, 0.15) is 45.7 Å². The van der Waals surface area contributed by atoms with Crippen molar-refractivity contribution in [2.45, 2.75) is 43.5 Å². The van der Waals surface area contributed by atoms with Gasteiger partial charge in [0.1, 0.15) is 0 Å². The van der Waals surface area contributed by atoms with Crippen LogP contribution in [0.5, 0.6) is 0 Å². The number of hydrogen-bond acceptors (Lipinski definition) is 0. The van der Waals surface area contributed by atoms with Crippen molar-refractivity contribution in [2.75, 3.05) is 0 Å². The Balaban J connectivity index is 2.81. The highest BCUT2D eigenvalue weighted by molar-refractivity contribution is 14.1. The lowest BCUT2D eigenvalue weighted by Gasteiger charge is -2.29. The van der Waals surface area contributed by atoms with Crippen LogP contribution in [0.25, 0.3) is 10.8 Å². The van der Waals surface area contributed by atoms with E-state index < -0.39 is 0 Å². The van der Waals surface area contributed by atoms with E-state index in [0.29, 0.717) is 0 Å². The van der Waals surface area contributed by atoms with Gasteiger partial charge in [-0.3, -0.25) is 0 Å². The molecule has 18 heavy (non-hydrogen) atoms. The summed E-state index contributed by atoms with van der Waals surface area (Å²) in [6, 6.07) is 13.4. The van der Waals surface area contributed by atoms with Crippen LogP contribution < -0.4 is 0 Å². The lowest BCUT2D eigenvalue weighted by Crippen LogP contribution is -2.20. The molecule has 0 amide bonds. The van der Waals surface area contributed by atoms with Crippen molar-refractivity contribution in [3.8, 4) is 0 Å². The van der Waals surface area contributed by atoms with Gasteiger partial charge in [-0.25, -0.2) is 0 Å². The SMILES string of the molecule is CC(C)(C)c1cc2ccccc2cc1C(C)(C)I. The summed E-state index contributed by atoms with van der Waals surface area (Å²) < 4.78 is 0.157. The summed E-state index contributed by atoms with van der Waals surface area (Å²) in [5.74, 6) is 0. The first-order valence-corrected chi connectivity index (χ1v) is 7.50. The summed E-state index contributed by atoms with van der Waals surface area (Å²) in [4.78, 5) is 0. The van der Waals surface area contributed by atoms with Crippen LogP contribution >= 0.6 is 22.6 Å². The van der Waals surface area contributed by atoms with Gasteiger partial charge < -0.3 is 0 Å². The van der Waals surface area contributed by atoms with Crippen LogP contribution in [-0.2, 0) is 8.84 Å². The van der Waals surface area contributed by atoms with E-state index in [0.717, 1.165) is 0 Å². The van der Waals surface area contributed by atoms with Crippen LogP contribution in [0, 0.1) is 0 Å². The topological polar surface area (TPSA) is 0 Å². The molecule has 2 rings (SSSR count). The van der Waals surface area contributed by atoms with Gasteiger partial charge >= 0.3 is 0 Å². The molecule has 1 heteroatoms. The highest BCUT2D eigenvalue weighted by Gasteiger charge is 2.26. The van der Waals surface area contributed by atoms with Crippen molar-refractivity contribution < 1.29 is 0 Å². The molecule has 0 aromatic heterocycles. The molecule has 0 unspecified atom stereocenters. The third kappa shape index (κ3) is 2.71. The molecular formula is C17H21I. The third-order valence-electron chi connectivity index (χ3n) is 3.33. The third-order valence-corrected chi connectivity index (χ3v) is 3.92. The van der Waals surface area contributed by atoms with Crippen molar-refractivity contribution in [3.05, 3.63) is 47.5 Å². The molecule has 0 spiro atoms. The van der Waals surface area contributed by atoms with E-state index in [1.165, 1.54) is 21.9 Å². The van der Waals surface area contributed by atoms with E-state index in [1.54, 1.807) is 0 Å². The van der Waals surface area contributed by atoms with Crippen molar-refractivity contribution in [2.24, 2.45) is 0 Å². The average Bonchev–Trinajstić information content (AvgIpc) is 2.25. The molecule has 96 valence electrons. The maximum absolute atomic E-state index is 2.54. The highest BCUT2D eigenvalue weighted by Crippen LogP contribution is 2.40. The zero-order valence-electron chi connectivity index (χ0n) is 11.8. The molecule has 0 aliphatic heterocycles. The molecule has 0 radical (unpaired) electrons. The molecule has 0 bridgehead atoms. The second-order valence-electron chi connectivity index (χ2n) is 6.47. The normalized spacial score (nSPS) is 13.0. The van der Waals surface area contributed by atoms with Gasteiger partial charge in [0, 0.05) is 3.42 Å². The van der Waals surface area contributed by atoms with Crippen molar-refractivity contribution in [1.29, 1.82) is 0 Å². The zero-order chi connectivity index (χ0) is 13.6. The number of fused-ring (bicyclic) bond motifs is 1. The molecule has 0 fully saturated rings. The predicted octanol–water partition coefficient (Wildman–Crippen LogP) is 5.81. The fraction of sp³-hybridized carbons (Fsp3) is 0.412. The van der Waals surface area contributed by atoms with Gasteiger partial charge in [-0.1, -0.05) is 73.7 Å². The largest absolute Gasteiger partial charge is 0.0743 e. The second kappa shape index (κ2) is 4.52. The minimum absolute atomic E-state index is 0.157. The molecule has 0 aliphatic rings. The lowest BCUT2D eigenvalue weighted by molar-refractivity contribution is 0.576. The van der Waals surface area contributed by atoms with E-state index in [-0.39, 0.29) is 8.84 Å². The Morgan fingerprint density at radius 2 is 1.22 bits per heavy atom. The molecular weight excluding hydrogens is 331 g/mol. The van der Waals surface area contributed by atoms with Gasteiger partial charge in [-0.15, -0.1) is 0 Å². The molecule has 0 aliphatic carbocycles. The number of benzene rings is 2. The van der Waals surface area contributed by atoms with Gasteiger partial charge in [-0.05, 0) is 47.2 Å². The summed E-state index contributed by atoms with van der Waals surface area (Å²) in [6.45, 7) is 11.5. The summed E-state index contributed by atoms with van der Waals surface area (Å²) in [7, 11) is 0. The highest BCUT2D eigenvalue weighted by atomic mass is 127. The molecule has 0 saturated heterocycles. The molecule has 0 saturated carbocycles. The van der Waals surface area contributed by atoms with Gasteiger partial charge in [0.2, 0.25) is 0 Å². The van der Waals surface area contributed by atoms with Crippen LogP contribution in [0.3, 0.4) is 0 Å². The average molecular weight is 352 g/mol. The fourth-order valence-electron chi connectivity index (χ4n) is 2.35. The van der Waals surface area contributed by atoms with Gasteiger partial charge in [0.15, 0.2) is 0 Å². The molecule has 0 heterocycles. The van der Waals surface area contributed by atoms with E-state index in [2.05, 4.69) is 93.6 Å². The smallest absolute Gasteiger partial charge is 0.0417 e. The van der Waals surface area contributed by atoms with Crippen LogP contribution in [0.15, 0.2) is 36.4 Å². The molecule has 0 nitrogen and oxygen atoms in total. The van der Waals surface area contributed by atoms with Crippen molar-refractivity contribution in [3.63, 3.8) is 0 Å². The van der Waals surface area contributed by atoms with Crippen LogP contribution in [0.2, 0.25) is 0 Å². The Kier molecular flexibility index (Phi) is 3.48. The maximum atomic E-state index is 2.54. The summed E-state index contributed by atoms with van der Waals surface area (Å²) in [5.41, 5.74) is 3.09. The first-order valence-electron chi connectivity index (χ1n) is 6.42. The summed E-state index contributed by atoms with van der Waals surface area (Å²) in [5, 5.41) is 2.68. The van der Waals surface area contributed by atoms with E-state index in [9.17, 15) is 0 Å². The second-order valence-corrected chi connectivity index (χ2v) is 9.16. The number of hydrogen-bond donors (Lipinski definition) is 0. The van der Waals surface area contributed by atoms with Crippen LogP contribution in [-0.4, -0.2) is 0 Å². The Hall–Kier alpha value is -0.570. The number of halogens is 1. The molecule has 0 atom stereocenters. The maximum Gasteiger partial charge on any atom is 0.0417 e. The van der Waals surface area contributed by atoms with Gasteiger partial charge in [-0.2, -0.15) is 0 Å². The first-order chi connectivity index (χ1) is 8.19. The quantitative estimate of drug-likeness (QED) is 0.449.